The molecule has 1 atom stereocenters. The van der Waals surface area contributed by atoms with Crippen LogP contribution in [0.3, 0.4) is 0 Å². The second kappa shape index (κ2) is 3.13. The average Bonchev–Trinajstić information content (AvgIpc) is 1.90. The van der Waals surface area contributed by atoms with Gasteiger partial charge in [-0.25, -0.2) is 0 Å². The standard InChI is InChI=1S/C6H11NS/c1-8-6-4-2-3-5-7-6/h5-6H,2-4H2,1H3. The molecule has 1 unspecified atom stereocenters. The fraction of sp³-hybridized carbons (Fsp3) is 0.833. The number of nitrogens with zero attached hydrogens (tertiary/aromatic N) is 1. The van der Waals surface area contributed by atoms with Gasteiger partial charge in [0.15, 0.2) is 0 Å². The molecule has 0 spiro atoms. The highest BCUT2D eigenvalue weighted by Gasteiger charge is 2.05. The molecule has 0 amide bonds. The van der Waals surface area contributed by atoms with Crippen molar-refractivity contribution in [3.05, 3.63) is 0 Å². The highest BCUT2D eigenvalue weighted by molar-refractivity contribution is 7.99. The van der Waals surface area contributed by atoms with E-state index in [4.69, 9.17) is 0 Å². The van der Waals surface area contributed by atoms with Crippen LogP contribution in [-0.2, 0) is 0 Å². The van der Waals surface area contributed by atoms with E-state index in [1.807, 2.05) is 18.0 Å². The van der Waals surface area contributed by atoms with Gasteiger partial charge in [-0.2, -0.15) is 0 Å². The van der Waals surface area contributed by atoms with E-state index < -0.39 is 0 Å². The summed E-state index contributed by atoms with van der Waals surface area (Å²) in [4.78, 5) is 4.29. The molecule has 0 bridgehead atoms. The highest BCUT2D eigenvalue weighted by atomic mass is 32.2. The van der Waals surface area contributed by atoms with Crippen LogP contribution < -0.4 is 0 Å². The van der Waals surface area contributed by atoms with Gasteiger partial charge >= 0.3 is 0 Å². The molecule has 0 saturated carbocycles. The van der Waals surface area contributed by atoms with Crippen LogP contribution >= 0.6 is 11.8 Å². The van der Waals surface area contributed by atoms with E-state index in [9.17, 15) is 0 Å². The van der Waals surface area contributed by atoms with Gasteiger partial charge in [0.2, 0.25) is 0 Å². The van der Waals surface area contributed by atoms with E-state index in [2.05, 4.69) is 11.2 Å². The number of hydrogen-bond donors (Lipinski definition) is 0. The maximum absolute atomic E-state index is 4.29. The maximum Gasteiger partial charge on any atom is 0.0944 e. The van der Waals surface area contributed by atoms with E-state index in [0.29, 0.717) is 5.37 Å². The highest BCUT2D eigenvalue weighted by Crippen LogP contribution is 2.17. The van der Waals surface area contributed by atoms with Crippen LogP contribution in [0.2, 0.25) is 0 Å². The van der Waals surface area contributed by atoms with Gasteiger partial charge < -0.3 is 0 Å². The predicted molar refractivity (Wildman–Crippen MR) is 39.6 cm³/mol. The van der Waals surface area contributed by atoms with E-state index in [-0.39, 0.29) is 0 Å². The lowest BCUT2D eigenvalue weighted by molar-refractivity contribution is 0.714. The molecule has 1 aliphatic heterocycles. The summed E-state index contributed by atoms with van der Waals surface area (Å²) in [6, 6.07) is 0. The van der Waals surface area contributed by atoms with Crippen molar-refractivity contribution in [3.8, 4) is 0 Å². The van der Waals surface area contributed by atoms with Crippen LogP contribution in [0.15, 0.2) is 4.99 Å². The van der Waals surface area contributed by atoms with Gasteiger partial charge in [0.25, 0.3) is 0 Å². The van der Waals surface area contributed by atoms with Crippen LogP contribution in [0, 0.1) is 0 Å². The second-order valence-electron chi connectivity index (χ2n) is 1.95. The van der Waals surface area contributed by atoms with Crippen molar-refractivity contribution in [1.29, 1.82) is 0 Å². The van der Waals surface area contributed by atoms with Crippen molar-refractivity contribution in [3.63, 3.8) is 0 Å². The van der Waals surface area contributed by atoms with Crippen molar-refractivity contribution < 1.29 is 0 Å². The molecular formula is C6H11NS. The predicted octanol–water partition coefficient (Wildman–Crippen LogP) is 1.93. The molecule has 1 aliphatic rings. The van der Waals surface area contributed by atoms with Crippen LogP contribution in [-0.4, -0.2) is 17.8 Å². The quantitative estimate of drug-likeness (QED) is 0.527. The van der Waals surface area contributed by atoms with E-state index in [0.717, 1.165) is 0 Å². The SMILES string of the molecule is CSC1CCCC=N1. The Morgan fingerprint density at radius 3 is 3.00 bits per heavy atom. The molecule has 0 saturated heterocycles. The summed E-state index contributed by atoms with van der Waals surface area (Å²) in [6.45, 7) is 0. The van der Waals surface area contributed by atoms with Crippen LogP contribution in [0.5, 0.6) is 0 Å². The first-order valence-electron chi connectivity index (χ1n) is 2.98. The summed E-state index contributed by atoms with van der Waals surface area (Å²) in [5.74, 6) is 0. The smallest absolute Gasteiger partial charge is 0.0944 e. The number of rotatable bonds is 1. The summed E-state index contributed by atoms with van der Waals surface area (Å²) in [6.07, 6.45) is 7.96. The lowest BCUT2D eigenvalue weighted by Gasteiger charge is -2.11. The fourth-order valence-electron chi connectivity index (χ4n) is 0.829. The zero-order chi connectivity index (χ0) is 5.82. The summed E-state index contributed by atoms with van der Waals surface area (Å²) in [5, 5.41) is 0.573. The Kier molecular flexibility index (Phi) is 2.40. The van der Waals surface area contributed by atoms with Gasteiger partial charge in [-0.1, -0.05) is 0 Å². The van der Waals surface area contributed by atoms with Crippen LogP contribution in [0.1, 0.15) is 19.3 Å². The molecule has 8 heavy (non-hydrogen) atoms. The van der Waals surface area contributed by atoms with Gasteiger partial charge in [0, 0.05) is 6.21 Å². The minimum absolute atomic E-state index is 0.573. The van der Waals surface area contributed by atoms with Crippen LogP contribution in [0.25, 0.3) is 0 Å². The summed E-state index contributed by atoms with van der Waals surface area (Å²) < 4.78 is 0. The van der Waals surface area contributed by atoms with Gasteiger partial charge in [-0.15, -0.1) is 11.8 Å². The zero-order valence-electron chi connectivity index (χ0n) is 5.13. The number of aliphatic imine (C=N–C) groups is 1. The van der Waals surface area contributed by atoms with E-state index in [1.165, 1.54) is 19.3 Å². The molecule has 1 rings (SSSR count). The summed E-state index contributed by atoms with van der Waals surface area (Å²) in [5.41, 5.74) is 0. The van der Waals surface area contributed by atoms with Gasteiger partial charge in [0.05, 0.1) is 5.37 Å². The van der Waals surface area contributed by atoms with Crippen LogP contribution in [0.4, 0.5) is 0 Å². The van der Waals surface area contributed by atoms with Gasteiger partial charge in [-0.3, -0.25) is 4.99 Å². The molecule has 0 aromatic heterocycles. The Morgan fingerprint density at radius 1 is 1.75 bits per heavy atom. The van der Waals surface area contributed by atoms with Crippen molar-refractivity contribution in [1.82, 2.24) is 0 Å². The van der Waals surface area contributed by atoms with Crippen molar-refractivity contribution in [2.75, 3.05) is 6.26 Å². The third kappa shape index (κ3) is 1.51. The third-order valence-corrected chi connectivity index (χ3v) is 2.23. The first-order chi connectivity index (χ1) is 3.93. The molecule has 2 heteroatoms. The first kappa shape index (κ1) is 6.14. The van der Waals surface area contributed by atoms with Gasteiger partial charge in [0.1, 0.15) is 0 Å². The molecule has 0 radical (unpaired) electrons. The monoisotopic (exact) mass is 129 g/mol. The molecule has 0 fully saturated rings. The molecule has 0 aromatic carbocycles. The summed E-state index contributed by atoms with van der Waals surface area (Å²) in [7, 11) is 0. The van der Waals surface area contributed by atoms with Gasteiger partial charge in [-0.05, 0) is 25.5 Å². The Balaban J connectivity index is 2.32. The van der Waals surface area contributed by atoms with E-state index >= 15 is 0 Å². The maximum atomic E-state index is 4.29. The Labute approximate surface area is 54.6 Å². The Hall–Kier alpha value is 0.0200. The topological polar surface area (TPSA) is 12.4 Å². The third-order valence-electron chi connectivity index (χ3n) is 1.33. The first-order valence-corrected chi connectivity index (χ1v) is 4.26. The summed E-state index contributed by atoms with van der Waals surface area (Å²) >= 11 is 1.85. The van der Waals surface area contributed by atoms with Crippen molar-refractivity contribution in [2.24, 2.45) is 4.99 Å². The molecular weight excluding hydrogens is 118 g/mol. The molecule has 0 aliphatic carbocycles. The molecule has 1 heterocycles. The van der Waals surface area contributed by atoms with Crippen molar-refractivity contribution in [2.45, 2.75) is 24.6 Å². The minimum atomic E-state index is 0.573. The lowest BCUT2D eigenvalue weighted by atomic mass is 10.2. The molecule has 1 nitrogen and oxygen atoms in total. The second-order valence-corrected chi connectivity index (χ2v) is 2.97. The Morgan fingerprint density at radius 2 is 2.62 bits per heavy atom. The largest absolute Gasteiger partial charge is 0.283 e. The zero-order valence-corrected chi connectivity index (χ0v) is 5.95. The normalized spacial score (nSPS) is 28.4. The van der Waals surface area contributed by atoms with Crippen molar-refractivity contribution >= 4 is 18.0 Å². The molecule has 46 valence electrons. The van der Waals surface area contributed by atoms with E-state index in [1.54, 1.807) is 0 Å². The fourth-order valence-corrected chi connectivity index (χ4v) is 1.44. The lowest BCUT2D eigenvalue weighted by Crippen LogP contribution is -2.03. The number of hydrogen-bond acceptors (Lipinski definition) is 2. The molecule has 0 N–H and O–H groups in total. The Bertz CT molecular complexity index is 90.5. The molecule has 0 aromatic rings. The number of thioether (sulfide) groups is 1. The average molecular weight is 129 g/mol. The minimum Gasteiger partial charge on any atom is -0.283 e.